The third-order valence-electron chi connectivity index (χ3n) is 4.25. The van der Waals surface area contributed by atoms with Crippen molar-refractivity contribution in [2.75, 3.05) is 6.61 Å². The van der Waals surface area contributed by atoms with Crippen molar-refractivity contribution in [2.45, 2.75) is 58.7 Å². The lowest BCUT2D eigenvalue weighted by Gasteiger charge is -2.26. The molecule has 0 radical (unpaired) electrons. The van der Waals surface area contributed by atoms with Gasteiger partial charge in [0.25, 0.3) is 0 Å². The van der Waals surface area contributed by atoms with E-state index in [0.29, 0.717) is 0 Å². The standard InChI is InChI=1S/C20H28ClF3N2O2/c1-6-9-16(21)17(8-3)28-13-19(5,12-25)26-18(27)14(4)10-11-15(7-2)20(22,23)24/h6,8-9,14-15H,3,7,10-11,13H2,1-2,4-5H3,(H,26,27). The van der Waals surface area contributed by atoms with Gasteiger partial charge in [-0.2, -0.15) is 18.4 Å². The van der Waals surface area contributed by atoms with Crippen LogP contribution in [0.15, 0.2) is 35.6 Å². The molecule has 0 aliphatic heterocycles. The average Bonchev–Trinajstić information content (AvgIpc) is 2.61. The number of allylic oxidation sites excluding steroid dienone is 4. The fourth-order valence-corrected chi connectivity index (χ4v) is 2.61. The number of hydrogen-bond donors (Lipinski definition) is 1. The molecule has 0 fully saturated rings. The quantitative estimate of drug-likeness (QED) is 0.348. The molecule has 0 saturated heterocycles. The Morgan fingerprint density at radius 2 is 2.00 bits per heavy atom. The van der Waals surface area contributed by atoms with Gasteiger partial charge in [0, 0.05) is 5.92 Å². The Balaban J connectivity index is 4.94. The molecule has 0 bridgehead atoms. The molecule has 4 nitrogen and oxygen atoms in total. The lowest BCUT2D eigenvalue weighted by atomic mass is 9.93. The van der Waals surface area contributed by atoms with Gasteiger partial charge in [-0.1, -0.05) is 38.1 Å². The smallest absolute Gasteiger partial charge is 0.391 e. The summed E-state index contributed by atoms with van der Waals surface area (Å²) in [6.07, 6.45) is 0.283. The first kappa shape index (κ1) is 26.1. The zero-order valence-electron chi connectivity index (χ0n) is 16.7. The summed E-state index contributed by atoms with van der Waals surface area (Å²) < 4.78 is 44.0. The van der Waals surface area contributed by atoms with Crippen molar-refractivity contribution >= 4 is 17.5 Å². The van der Waals surface area contributed by atoms with Gasteiger partial charge in [0.05, 0.1) is 17.0 Å². The Morgan fingerprint density at radius 3 is 2.43 bits per heavy atom. The molecule has 0 saturated carbocycles. The van der Waals surface area contributed by atoms with Crippen LogP contribution in [0, 0.1) is 23.2 Å². The molecular weight excluding hydrogens is 393 g/mol. The summed E-state index contributed by atoms with van der Waals surface area (Å²) in [5, 5.41) is 12.3. The van der Waals surface area contributed by atoms with Gasteiger partial charge in [0.2, 0.25) is 5.91 Å². The third-order valence-corrected chi connectivity index (χ3v) is 4.56. The Labute approximate surface area is 170 Å². The second kappa shape index (κ2) is 11.8. The summed E-state index contributed by atoms with van der Waals surface area (Å²) in [7, 11) is 0. The Morgan fingerprint density at radius 1 is 1.39 bits per heavy atom. The molecule has 28 heavy (non-hydrogen) atoms. The zero-order chi connectivity index (χ0) is 22.0. The predicted molar refractivity (Wildman–Crippen MR) is 104 cm³/mol. The van der Waals surface area contributed by atoms with Crippen LogP contribution >= 0.6 is 11.6 Å². The number of alkyl halides is 3. The van der Waals surface area contributed by atoms with Crippen molar-refractivity contribution in [3.8, 4) is 6.07 Å². The van der Waals surface area contributed by atoms with Crippen LogP contribution in [0.1, 0.15) is 47.0 Å². The summed E-state index contributed by atoms with van der Waals surface area (Å²) in [5.74, 6) is -2.37. The van der Waals surface area contributed by atoms with E-state index in [-0.39, 0.29) is 36.7 Å². The summed E-state index contributed by atoms with van der Waals surface area (Å²) in [4.78, 5) is 12.4. The van der Waals surface area contributed by atoms with Crippen LogP contribution in [0.4, 0.5) is 13.2 Å². The first-order valence-corrected chi connectivity index (χ1v) is 9.39. The van der Waals surface area contributed by atoms with Crippen LogP contribution in [-0.2, 0) is 9.53 Å². The van der Waals surface area contributed by atoms with Gasteiger partial charge in [-0.25, -0.2) is 0 Å². The van der Waals surface area contributed by atoms with Crippen LogP contribution < -0.4 is 5.32 Å². The van der Waals surface area contributed by atoms with Gasteiger partial charge >= 0.3 is 6.18 Å². The molecule has 0 aromatic heterocycles. The van der Waals surface area contributed by atoms with Crippen molar-refractivity contribution < 1.29 is 22.7 Å². The molecule has 3 atom stereocenters. The van der Waals surface area contributed by atoms with Crippen molar-refractivity contribution in [1.82, 2.24) is 5.32 Å². The van der Waals surface area contributed by atoms with E-state index in [1.54, 1.807) is 19.1 Å². The van der Waals surface area contributed by atoms with Gasteiger partial charge in [-0.15, -0.1) is 0 Å². The van der Waals surface area contributed by atoms with E-state index in [2.05, 4.69) is 11.9 Å². The SMILES string of the molecule is C=CC(OCC(C)(C#N)NC(=O)C(C)CCC(CC)C(F)(F)F)=C(Cl)C=CC. The van der Waals surface area contributed by atoms with Crippen molar-refractivity contribution in [1.29, 1.82) is 5.26 Å². The highest BCUT2D eigenvalue weighted by Gasteiger charge is 2.38. The maximum atomic E-state index is 12.8. The second-order valence-electron chi connectivity index (χ2n) is 6.76. The summed E-state index contributed by atoms with van der Waals surface area (Å²) >= 11 is 6.03. The van der Waals surface area contributed by atoms with E-state index >= 15 is 0 Å². The number of rotatable bonds is 11. The van der Waals surface area contributed by atoms with Crippen LogP contribution in [0.25, 0.3) is 0 Å². The molecule has 158 valence electrons. The highest BCUT2D eigenvalue weighted by Crippen LogP contribution is 2.33. The zero-order valence-corrected chi connectivity index (χ0v) is 17.5. The Hall–Kier alpha value is -1.94. The average molecular weight is 421 g/mol. The maximum Gasteiger partial charge on any atom is 0.391 e. The van der Waals surface area contributed by atoms with Gasteiger partial charge in [0.15, 0.2) is 5.54 Å². The van der Waals surface area contributed by atoms with E-state index in [4.69, 9.17) is 16.3 Å². The number of nitrogens with one attached hydrogen (secondary N) is 1. The Kier molecular flexibility index (Phi) is 11.0. The minimum Gasteiger partial charge on any atom is -0.488 e. The first-order valence-electron chi connectivity index (χ1n) is 9.01. The minimum absolute atomic E-state index is 0.0365. The number of ether oxygens (including phenoxy) is 1. The fraction of sp³-hybridized carbons (Fsp3) is 0.600. The highest BCUT2D eigenvalue weighted by atomic mass is 35.5. The predicted octanol–water partition coefficient (Wildman–Crippen LogP) is 5.62. The number of carbonyl (C=O) groups is 1. The Bertz CT molecular complexity index is 638. The van der Waals surface area contributed by atoms with E-state index in [0.717, 1.165) is 0 Å². The molecule has 3 unspecified atom stereocenters. The summed E-state index contributed by atoms with van der Waals surface area (Å²) in [6, 6.07) is 1.96. The van der Waals surface area contributed by atoms with Gasteiger partial charge < -0.3 is 10.1 Å². The lowest BCUT2D eigenvalue weighted by molar-refractivity contribution is -0.178. The molecule has 0 spiro atoms. The van der Waals surface area contributed by atoms with Gasteiger partial charge in [-0.3, -0.25) is 4.79 Å². The molecule has 0 heterocycles. The molecule has 0 aliphatic rings. The minimum atomic E-state index is -4.28. The van der Waals surface area contributed by atoms with Crippen molar-refractivity contribution in [2.24, 2.45) is 11.8 Å². The van der Waals surface area contributed by atoms with Crippen molar-refractivity contribution in [3.05, 3.63) is 35.6 Å². The number of nitriles is 1. The third kappa shape index (κ3) is 8.83. The van der Waals surface area contributed by atoms with E-state index < -0.39 is 29.5 Å². The molecule has 0 rings (SSSR count). The normalized spacial score (nSPS) is 17.1. The lowest BCUT2D eigenvalue weighted by Crippen LogP contribution is -2.50. The highest BCUT2D eigenvalue weighted by molar-refractivity contribution is 6.31. The number of hydrogen-bond acceptors (Lipinski definition) is 3. The molecule has 0 aromatic rings. The number of amides is 1. The largest absolute Gasteiger partial charge is 0.488 e. The molecule has 8 heteroatoms. The second-order valence-corrected chi connectivity index (χ2v) is 7.17. The topological polar surface area (TPSA) is 62.1 Å². The van der Waals surface area contributed by atoms with Crippen LogP contribution in [0.2, 0.25) is 0 Å². The molecule has 0 aliphatic carbocycles. The monoisotopic (exact) mass is 420 g/mol. The maximum absolute atomic E-state index is 12.8. The van der Waals surface area contributed by atoms with Gasteiger partial charge in [0.1, 0.15) is 12.4 Å². The van der Waals surface area contributed by atoms with E-state index in [9.17, 15) is 23.2 Å². The van der Waals surface area contributed by atoms with E-state index in [1.165, 1.54) is 26.8 Å². The number of carbonyl (C=O) groups excluding carboxylic acids is 1. The molecule has 1 N–H and O–H groups in total. The summed E-state index contributed by atoms with van der Waals surface area (Å²) in [5.41, 5.74) is -1.37. The first-order chi connectivity index (χ1) is 12.9. The van der Waals surface area contributed by atoms with Gasteiger partial charge in [-0.05, 0) is 45.3 Å². The fourth-order valence-electron chi connectivity index (χ4n) is 2.35. The molecule has 1 amide bonds. The molecule has 0 aromatic carbocycles. The number of nitrogens with zero attached hydrogens (tertiary/aromatic N) is 1. The van der Waals surface area contributed by atoms with Crippen molar-refractivity contribution in [3.63, 3.8) is 0 Å². The van der Waals surface area contributed by atoms with Crippen LogP contribution in [-0.4, -0.2) is 24.2 Å². The van der Waals surface area contributed by atoms with Crippen LogP contribution in [0.5, 0.6) is 0 Å². The van der Waals surface area contributed by atoms with E-state index in [1.807, 2.05) is 6.07 Å². The number of halogens is 4. The molecular formula is C20H28ClF3N2O2. The summed E-state index contributed by atoms with van der Waals surface area (Å²) in [6.45, 7) is 9.63. The van der Waals surface area contributed by atoms with Crippen LogP contribution in [0.3, 0.4) is 0 Å².